The highest BCUT2D eigenvalue weighted by Gasteiger charge is 2.31. The van der Waals surface area contributed by atoms with Crippen molar-refractivity contribution in [3.63, 3.8) is 0 Å². The number of amides is 2. The minimum Gasteiger partial charge on any atom is -0.355 e. The highest BCUT2D eigenvalue weighted by Crippen LogP contribution is 2.30. The van der Waals surface area contributed by atoms with Gasteiger partial charge < -0.3 is 10.2 Å². The van der Waals surface area contributed by atoms with E-state index in [1.165, 1.54) is 24.8 Å². The Labute approximate surface area is 143 Å². The van der Waals surface area contributed by atoms with Gasteiger partial charge in [-0.3, -0.25) is 9.59 Å². The zero-order valence-corrected chi connectivity index (χ0v) is 14.4. The molecule has 2 amide bonds. The Morgan fingerprint density at radius 1 is 1.12 bits per heavy atom. The second kappa shape index (κ2) is 7.65. The lowest BCUT2D eigenvalue weighted by Crippen LogP contribution is -2.31. The maximum absolute atomic E-state index is 12.7. The molecule has 24 heavy (non-hydrogen) atoms. The van der Waals surface area contributed by atoms with Crippen molar-refractivity contribution < 1.29 is 9.59 Å². The summed E-state index contributed by atoms with van der Waals surface area (Å²) in [7, 11) is 1.63. The third-order valence-corrected chi connectivity index (χ3v) is 4.89. The van der Waals surface area contributed by atoms with Crippen molar-refractivity contribution in [2.24, 2.45) is 0 Å². The van der Waals surface area contributed by atoms with Crippen LogP contribution in [0.2, 0.25) is 0 Å². The Hall–Kier alpha value is -2.10. The summed E-state index contributed by atoms with van der Waals surface area (Å²) < 4.78 is 0. The summed E-state index contributed by atoms with van der Waals surface area (Å²) >= 11 is 0. The molecule has 0 aromatic heterocycles. The maximum Gasteiger partial charge on any atom is 0.251 e. The van der Waals surface area contributed by atoms with Crippen LogP contribution in [-0.4, -0.2) is 29.8 Å². The molecule has 0 saturated heterocycles. The fraction of sp³-hybridized carbons (Fsp3) is 0.500. The van der Waals surface area contributed by atoms with Crippen molar-refractivity contribution in [3.05, 3.63) is 47.0 Å². The van der Waals surface area contributed by atoms with Crippen LogP contribution in [0.15, 0.2) is 35.9 Å². The summed E-state index contributed by atoms with van der Waals surface area (Å²) in [5, 5.41) is 2.62. The van der Waals surface area contributed by atoms with Crippen LogP contribution < -0.4 is 5.32 Å². The summed E-state index contributed by atoms with van der Waals surface area (Å²) in [6.45, 7) is 0.626. The van der Waals surface area contributed by atoms with Gasteiger partial charge in [-0.1, -0.05) is 24.1 Å². The fourth-order valence-corrected chi connectivity index (χ4v) is 3.28. The maximum atomic E-state index is 12.7. The molecule has 0 unspecified atom stereocenters. The molecule has 1 N–H and O–H groups in total. The molecule has 0 heterocycles. The van der Waals surface area contributed by atoms with Gasteiger partial charge in [-0.15, -0.1) is 0 Å². The fourth-order valence-electron chi connectivity index (χ4n) is 3.28. The standard InChI is InChI=1S/C20H26N2O2/c1-21-20(24)17-9-7-16(8-10-17)14-22(18-11-12-18)19(23)13-15-5-3-2-4-6-15/h7-10,13,18H,2-6,11-12,14H2,1H3,(H,21,24). The SMILES string of the molecule is CNC(=O)c1ccc(CN(C(=O)C=C2CCCCC2)C2CC2)cc1. The van der Waals surface area contributed by atoms with E-state index in [1.807, 2.05) is 35.2 Å². The first-order valence-electron chi connectivity index (χ1n) is 8.98. The molecule has 0 aliphatic heterocycles. The summed E-state index contributed by atoms with van der Waals surface area (Å²) in [6, 6.07) is 7.92. The van der Waals surface area contributed by atoms with Crippen LogP contribution in [0.25, 0.3) is 0 Å². The van der Waals surface area contributed by atoms with Crippen molar-refractivity contribution >= 4 is 11.8 Å². The number of benzene rings is 1. The average Bonchev–Trinajstić information content (AvgIpc) is 3.45. The number of nitrogens with zero attached hydrogens (tertiary/aromatic N) is 1. The number of hydrogen-bond donors (Lipinski definition) is 1. The van der Waals surface area contributed by atoms with Crippen molar-refractivity contribution in [3.8, 4) is 0 Å². The second-order valence-corrected chi connectivity index (χ2v) is 6.84. The summed E-state index contributed by atoms with van der Waals surface area (Å²) in [5.41, 5.74) is 3.03. The molecule has 2 fully saturated rings. The van der Waals surface area contributed by atoms with E-state index in [0.717, 1.165) is 31.2 Å². The lowest BCUT2D eigenvalue weighted by atomic mass is 9.94. The van der Waals surface area contributed by atoms with Crippen LogP contribution in [0.1, 0.15) is 60.9 Å². The molecule has 2 aliphatic rings. The van der Waals surface area contributed by atoms with E-state index in [-0.39, 0.29) is 11.8 Å². The van der Waals surface area contributed by atoms with E-state index in [1.54, 1.807) is 7.05 Å². The predicted octanol–water partition coefficient (Wildman–Crippen LogP) is 3.43. The molecule has 0 spiro atoms. The minimum absolute atomic E-state index is 0.0845. The number of rotatable bonds is 5. The third kappa shape index (κ3) is 4.25. The molecule has 128 valence electrons. The van der Waals surface area contributed by atoms with Gasteiger partial charge in [-0.05, 0) is 56.2 Å². The molecule has 4 heteroatoms. The van der Waals surface area contributed by atoms with Gasteiger partial charge in [-0.25, -0.2) is 0 Å². The molecular weight excluding hydrogens is 300 g/mol. The molecule has 2 aliphatic carbocycles. The van der Waals surface area contributed by atoms with Gasteiger partial charge >= 0.3 is 0 Å². The number of allylic oxidation sites excluding steroid dienone is 1. The molecule has 4 nitrogen and oxygen atoms in total. The first-order chi connectivity index (χ1) is 11.7. The van der Waals surface area contributed by atoms with Crippen LogP contribution in [0.4, 0.5) is 0 Å². The van der Waals surface area contributed by atoms with Crippen LogP contribution in [0.5, 0.6) is 0 Å². The zero-order valence-electron chi connectivity index (χ0n) is 14.4. The van der Waals surface area contributed by atoms with Crippen molar-refractivity contribution in [1.29, 1.82) is 0 Å². The second-order valence-electron chi connectivity index (χ2n) is 6.84. The molecule has 2 saturated carbocycles. The molecule has 3 rings (SSSR count). The van der Waals surface area contributed by atoms with E-state index >= 15 is 0 Å². The van der Waals surface area contributed by atoms with Crippen molar-refractivity contribution in [2.45, 2.75) is 57.5 Å². The molecule has 1 aromatic rings. The predicted molar refractivity (Wildman–Crippen MR) is 94.6 cm³/mol. The minimum atomic E-state index is -0.0845. The van der Waals surface area contributed by atoms with E-state index in [4.69, 9.17) is 0 Å². The lowest BCUT2D eigenvalue weighted by molar-refractivity contribution is -0.127. The van der Waals surface area contributed by atoms with Crippen molar-refractivity contribution in [1.82, 2.24) is 10.2 Å². The monoisotopic (exact) mass is 326 g/mol. The normalized spacial score (nSPS) is 17.3. The molecule has 0 bridgehead atoms. The Balaban J connectivity index is 1.67. The van der Waals surface area contributed by atoms with Gasteiger partial charge in [0.05, 0.1) is 0 Å². The van der Waals surface area contributed by atoms with Gasteiger partial charge in [-0.2, -0.15) is 0 Å². The smallest absolute Gasteiger partial charge is 0.251 e. The Bertz CT molecular complexity index is 622. The quantitative estimate of drug-likeness (QED) is 0.843. The van der Waals surface area contributed by atoms with Crippen LogP contribution >= 0.6 is 0 Å². The Kier molecular flexibility index (Phi) is 5.34. The third-order valence-electron chi connectivity index (χ3n) is 4.89. The molecule has 1 aromatic carbocycles. The van der Waals surface area contributed by atoms with Gasteiger partial charge in [0.25, 0.3) is 5.91 Å². The average molecular weight is 326 g/mol. The van der Waals surface area contributed by atoms with Crippen LogP contribution in [0.3, 0.4) is 0 Å². The highest BCUT2D eigenvalue weighted by atomic mass is 16.2. The van der Waals surface area contributed by atoms with E-state index < -0.39 is 0 Å². The van der Waals surface area contributed by atoms with E-state index in [9.17, 15) is 9.59 Å². The number of nitrogens with one attached hydrogen (secondary N) is 1. The first-order valence-corrected chi connectivity index (χ1v) is 8.98. The highest BCUT2D eigenvalue weighted by molar-refractivity contribution is 5.94. The topological polar surface area (TPSA) is 49.4 Å². The molecule has 0 atom stereocenters. The Morgan fingerprint density at radius 3 is 2.38 bits per heavy atom. The van der Waals surface area contributed by atoms with Gasteiger partial charge in [0.2, 0.25) is 5.91 Å². The summed E-state index contributed by atoms with van der Waals surface area (Å²) in [6.07, 6.45) is 9.95. The van der Waals surface area contributed by atoms with E-state index in [2.05, 4.69) is 5.32 Å². The van der Waals surface area contributed by atoms with Crippen LogP contribution in [-0.2, 0) is 11.3 Å². The number of carbonyl (C=O) groups is 2. The molecule has 0 radical (unpaired) electrons. The summed E-state index contributed by atoms with van der Waals surface area (Å²) in [5.74, 6) is 0.0727. The zero-order chi connectivity index (χ0) is 16.9. The van der Waals surface area contributed by atoms with Gasteiger partial charge in [0.1, 0.15) is 0 Å². The largest absolute Gasteiger partial charge is 0.355 e. The van der Waals surface area contributed by atoms with Crippen molar-refractivity contribution in [2.75, 3.05) is 7.05 Å². The van der Waals surface area contributed by atoms with Crippen LogP contribution in [0, 0.1) is 0 Å². The van der Waals surface area contributed by atoms with Gasteiger partial charge in [0.15, 0.2) is 0 Å². The number of hydrogen-bond acceptors (Lipinski definition) is 2. The summed E-state index contributed by atoms with van der Waals surface area (Å²) in [4.78, 5) is 26.3. The van der Waals surface area contributed by atoms with Gasteiger partial charge in [0, 0.05) is 31.3 Å². The Morgan fingerprint density at radius 2 is 1.79 bits per heavy atom. The first kappa shape index (κ1) is 16.7. The van der Waals surface area contributed by atoms with E-state index in [0.29, 0.717) is 18.2 Å². The number of carbonyl (C=O) groups excluding carboxylic acids is 2. The molecular formula is C20H26N2O2. The lowest BCUT2D eigenvalue weighted by Gasteiger charge is -2.22.